The minimum atomic E-state index is -0.268. The molecule has 3 amide bonds. The Morgan fingerprint density at radius 2 is 2.33 bits per heavy atom. The fraction of sp³-hybridized carbons (Fsp3) is 0.231. The van der Waals surface area contributed by atoms with Gasteiger partial charge < -0.3 is 10.6 Å². The number of hydrogen-bond acceptors (Lipinski definition) is 2. The molecule has 2 N–H and O–H groups in total. The predicted molar refractivity (Wildman–Crippen MR) is 70.6 cm³/mol. The fourth-order valence-corrected chi connectivity index (χ4v) is 1.82. The second-order valence-electron chi connectivity index (χ2n) is 3.98. The van der Waals surface area contributed by atoms with E-state index in [9.17, 15) is 9.59 Å². The summed E-state index contributed by atoms with van der Waals surface area (Å²) in [6.07, 6.45) is 2.12. The van der Waals surface area contributed by atoms with Crippen LogP contribution in [0.2, 0.25) is 0 Å². The first-order valence-electron chi connectivity index (χ1n) is 5.79. The third-order valence-electron chi connectivity index (χ3n) is 2.69. The van der Waals surface area contributed by atoms with Crippen LogP contribution in [0.5, 0.6) is 0 Å². The fourth-order valence-electron chi connectivity index (χ4n) is 1.82. The number of benzene rings is 1. The number of nitrogens with one attached hydrogen (secondary N) is 2. The van der Waals surface area contributed by atoms with Crippen molar-refractivity contribution in [2.45, 2.75) is 6.42 Å². The Morgan fingerprint density at radius 1 is 1.50 bits per heavy atom. The maximum absolute atomic E-state index is 11.7. The molecule has 94 valence electrons. The van der Waals surface area contributed by atoms with E-state index in [-0.39, 0.29) is 11.9 Å². The third-order valence-corrected chi connectivity index (χ3v) is 2.69. The molecule has 2 rings (SSSR count). The van der Waals surface area contributed by atoms with E-state index in [1.165, 1.54) is 6.08 Å². The molecule has 5 heteroatoms. The Morgan fingerprint density at radius 3 is 3.06 bits per heavy atom. The lowest BCUT2D eigenvalue weighted by Gasteiger charge is -2.27. The van der Waals surface area contributed by atoms with E-state index in [4.69, 9.17) is 0 Å². The number of carbonyl (C=O) groups excluding carboxylic acids is 2. The number of rotatable bonds is 3. The van der Waals surface area contributed by atoms with E-state index in [1.807, 2.05) is 6.07 Å². The molecule has 1 heterocycles. The van der Waals surface area contributed by atoms with Gasteiger partial charge in [0.25, 0.3) is 0 Å². The topological polar surface area (TPSA) is 61.4 Å². The van der Waals surface area contributed by atoms with Crippen LogP contribution in [0.4, 0.5) is 16.2 Å². The van der Waals surface area contributed by atoms with Gasteiger partial charge in [0.1, 0.15) is 0 Å². The highest BCUT2D eigenvalue weighted by Crippen LogP contribution is 2.21. The summed E-state index contributed by atoms with van der Waals surface area (Å²) in [5.41, 5.74) is 1.42. The Hall–Kier alpha value is -2.30. The Labute approximate surface area is 105 Å². The van der Waals surface area contributed by atoms with Gasteiger partial charge in [-0.25, -0.2) is 4.79 Å². The van der Waals surface area contributed by atoms with Gasteiger partial charge in [-0.3, -0.25) is 9.69 Å². The first-order chi connectivity index (χ1) is 8.70. The first kappa shape index (κ1) is 12.2. The van der Waals surface area contributed by atoms with Crippen molar-refractivity contribution < 1.29 is 9.59 Å². The van der Waals surface area contributed by atoms with Crippen LogP contribution in [-0.2, 0) is 4.79 Å². The highest BCUT2D eigenvalue weighted by atomic mass is 16.2. The summed E-state index contributed by atoms with van der Waals surface area (Å²) in [6.45, 7) is 4.79. The minimum absolute atomic E-state index is 0.103. The molecule has 1 aliphatic rings. The molecule has 0 aliphatic carbocycles. The van der Waals surface area contributed by atoms with Crippen LogP contribution in [0.3, 0.4) is 0 Å². The SMILES string of the molecule is C=CC(=O)Nc1cccc(N2CCCNC2=O)c1. The van der Waals surface area contributed by atoms with Gasteiger partial charge in [0.05, 0.1) is 0 Å². The van der Waals surface area contributed by atoms with E-state index < -0.39 is 0 Å². The highest BCUT2D eigenvalue weighted by molar-refractivity contribution is 6.00. The second kappa shape index (κ2) is 5.35. The van der Waals surface area contributed by atoms with Crippen molar-refractivity contribution in [2.24, 2.45) is 0 Å². The number of hydrogen-bond donors (Lipinski definition) is 2. The Bertz CT molecular complexity index is 485. The average Bonchev–Trinajstić information content (AvgIpc) is 2.39. The molecule has 0 saturated carbocycles. The van der Waals surface area contributed by atoms with Crippen LogP contribution >= 0.6 is 0 Å². The van der Waals surface area contributed by atoms with Gasteiger partial charge in [0.2, 0.25) is 5.91 Å². The van der Waals surface area contributed by atoms with Crippen LogP contribution in [0.25, 0.3) is 0 Å². The largest absolute Gasteiger partial charge is 0.338 e. The monoisotopic (exact) mass is 245 g/mol. The summed E-state index contributed by atoms with van der Waals surface area (Å²) in [5.74, 6) is -0.268. The molecule has 1 aromatic rings. The normalized spacial score (nSPS) is 14.9. The summed E-state index contributed by atoms with van der Waals surface area (Å²) in [4.78, 5) is 24.6. The lowest BCUT2D eigenvalue weighted by Crippen LogP contribution is -2.46. The predicted octanol–water partition coefficient (Wildman–Crippen LogP) is 1.73. The van der Waals surface area contributed by atoms with Crippen molar-refractivity contribution in [1.29, 1.82) is 0 Å². The van der Waals surface area contributed by atoms with Crippen molar-refractivity contribution in [3.8, 4) is 0 Å². The summed E-state index contributed by atoms with van der Waals surface area (Å²) in [5, 5.41) is 5.46. The molecule has 0 aromatic heterocycles. The number of urea groups is 1. The molecular weight excluding hydrogens is 230 g/mol. The van der Waals surface area contributed by atoms with Crippen LogP contribution in [0.15, 0.2) is 36.9 Å². The van der Waals surface area contributed by atoms with Crippen LogP contribution in [0, 0.1) is 0 Å². The van der Waals surface area contributed by atoms with Gasteiger partial charge >= 0.3 is 6.03 Å². The molecule has 1 aromatic carbocycles. The van der Waals surface area contributed by atoms with E-state index >= 15 is 0 Å². The van der Waals surface area contributed by atoms with E-state index in [1.54, 1.807) is 23.1 Å². The zero-order chi connectivity index (χ0) is 13.0. The number of nitrogens with zero attached hydrogens (tertiary/aromatic N) is 1. The van der Waals surface area contributed by atoms with Gasteiger partial charge in [0, 0.05) is 24.5 Å². The zero-order valence-corrected chi connectivity index (χ0v) is 9.98. The smallest absolute Gasteiger partial charge is 0.321 e. The van der Waals surface area contributed by atoms with Gasteiger partial charge in [-0.15, -0.1) is 0 Å². The molecule has 5 nitrogen and oxygen atoms in total. The standard InChI is InChI=1S/C13H15N3O2/c1-2-12(17)15-10-5-3-6-11(9-10)16-8-4-7-14-13(16)18/h2-3,5-6,9H,1,4,7-8H2,(H,14,18)(H,15,17). The summed E-state index contributed by atoms with van der Waals surface area (Å²) in [6, 6.07) is 7.08. The molecule has 0 unspecified atom stereocenters. The molecule has 0 radical (unpaired) electrons. The molecule has 1 fully saturated rings. The minimum Gasteiger partial charge on any atom is -0.338 e. The first-order valence-corrected chi connectivity index (χ1v) is 5.79. The lowest BCUT2D eigenvalue weighted by atomic mass is 10.2. The van der Waals surface area contributed by atoms with Gasteiger partial charge in [-0.05, 0) is 30.7 Å². The molecule has 0 bridgehead atoms. The van der Waals surface area contributed by atoms with E-state index in [0.29, 0.717) is 18.8 Å². The maximum Gasteiger partial charge on any atom is 0.321 e. The quantitative estimate of drug-likeness (QED) is 0.797. The number of amides is 3. The zero-order valence-electron chi connectivity index (χ0n) is 9.98. The molecule has 0 atom stereocenters. The van der Waals surface area contributed by atoms with Crippen molar-refractivity contribution >= 4 is 23.3 Å². The van der Waals surface area contributed by atoms with Crippen molar-refractivity contribution in [3.05, 3.63) is 36.9 Å². The molecule has 0 spiro atoms. The number of anilines is 2. The molecule has 18 heavy (non-hydrogen) atoms. The Balaban J connectivity index is 2.18. The maximum atomic E-state index is 11.7. The van der Waals surface area contributed by atoms with Gasteiger partial charge in [-0.1, -0.05) is 12.6 Å². The van der Waals surface area contributed by atoms with E-state index in [0.717, 1.165) is 12.1 Å². The van der Waals surface area contributed by atoms with Crippen molar-refractivity contribution in [2.75, 3.05) is 23.3 Å². The van der Waals surface area contributed by atoms with Crippen molar-refractivity contribution in [1.82, 2.24) is 5.32 Å². The van der Waals surface area contributed by atoms with E-state index in [2.05, 4.69) is 17.2 Å². The summed E-state index contributed by atoms with van der Waals surface area (Å²) >= 11 is 0. The summed E-state index contributed by atoms with van der Waals surface area (Å²) in [7, 11) is 0. The average molecular weight is 245 g/mol. The van der Waals surface area contributed by atoms with Gasteiger partial charge in [0.15, 0.2) is 0 Å². The van der Waals surface area contributed by atoms with Crippen LogP contribution in [-0.4, -0.2) is 25.0 Å². The van der Waals surface area contributed by atoms with Crippen LogP contribution < -0.4 is 15.5 Å². The third kappa shape index (κ3) is 2.68. The molecule has 1 aliphatic heterocycles. The number of carbonyl (C=O) groups is 2. The van der Waals surface area contributed by atoms with Gasteiger partial charge in [-0.2, -0.15) is 0 Å². The second-order valence-corrected chi connectivity index (χ2v) is 3.98. The lowest BCUT2D eigenvalue weighted by molar-refractivity contribution is -0.111. The Kier molecular flexibility index (Phi) is 3.62. The summed E-state index contributed by atoms with van der Waals surface area (Å²) < 4.78 is 0. The van der Waals surface area contributed by atoms with Crippen molar-refractivity contribution in [3.63, 3.8) is 0 Å². The highest BCUT2D eigenvalue weighted by Gasteiger charge is 2.19. The molecule has 1 saturated heterocycles. The van der Waals surface area contributed by atoms with Crippen LogP contribution in [0.1, 0.15) is 6.42 Å². The molecular formula is C13H15N3O2.